The lowest BCUT2D eigenvalue weighted by atomic mass is 9.86. The van der Waals surface area contributed by atoms with Gasteiger partial charge in [-0.05, 0) is 54.8 Å². The molecule has 0 spiro atoms. The zero-order chi connectivity index (χ0) is 40.3. The third-order valence-electron chi connectivity index (χ3n) is 8.96. The number of hydrogen-bond donors (Lipinski definition) is 5. The van der Waals surface area contributed by atoms with Gasteiger partial charge in [-0.2, -0.15) is 0 Å². The highest BCUT2D eigenvalue weighted by Crippen LogP contribution is 2.24. The van der Waals surface area contributed by atoms with E-state index in [1.165, 1.54) is 0 Å². The predicted molar refractivity (Wildman–Crippen MR) is 202 cm³/mol. The molecule has 51 heavy (non-hydrogen) atoms. The van der Waals surface area contributed by atoms with Crippen molar-refractivity contribution < 1.29 is 54.1 Å². The second kappa shape index (κ2) is 31.7. The first-order chi connectivity index (χ1) is 23.8. The Morgan fingerprint density at radius 3 is 1.10 bits per heavy atom. The van der Waals surface area contributed by atoms with Gasteiger partial charge in [0.1, 0.15) is 0 Å². The Morgan fingerprint density at radius 2 is 0.804 bits per heavy atom. The first kappa shape index (κ1) is 53.6. The number of rotatable bonds is 24. The van der Waals surface area contributed by atoms with Crippen LogP contribution in [0, 0.1) is 71.0 Å². The lowest BCUT2D eigenvalue weighted by Gasteiger charge is -2.23. The molecule has 11 heteroatoms. The summed E-state index contributed by atoms with van der Waals surface area (Å²) in [4.78, 5) is 35.7. The average molecular weight is 737 g/mol. The van der Waals surface area contributed by atoms with E-state index in [0.717, 1.165) is 25.7 Å². The van der Waals surface area contributed by atoms with Crippen molar-refractivity contribution in [3.63, 3.8) is 0 Å². The van der Waals surface area contributed by atoms with Crippen LogP contribution in [-0.4, -0.2) is 96.3 Å². The number of aliphatic hydroxyl groups is 5. The summed E-state index contributed by atoms with van der Waals surface area (Å²) in [6.07, 6.45) is 3.47. The zero-order valence-electron chi connectivity index (χ0n) is 34.6. The molecule has 0 aliphatic carbocycles. The van der Waals surface area contributed by atoms with Gasteiger partial charge in [0.25, 0.3) is 0 Å². The Labute approximate surface area is 311 Å². The molecular formula is C40H80O11. The molecule has 0 heterocycles. The Bertz CT molecular complexity index is 837. The lowest BCUT2D eigenvalue weighted by molar-refractivity contribution is -0.154. The summed E-state index contributed by atoms with van der Waals surface area (Å²) in [5.41, 5.74) is 0. The van der Waals surface area contributed by atoms with Crippen LogP contribution in [0.15, 0.2) is 0 Å². The molecule has 0 radical (unpaired) electrons. The Kier molecular flexibility index (Phi) is 33.3. The third kappa shape index (κ3) is 26.6. The van der Waals surface area contributed by atoms with E-state index >= 15 is 0 Å². The molecule has 5 N–H and O–H groups in total. The van der Waals surface area contributed by atoms with Gasteiger partial charge in [-0.3, -0.25) is 14.4 Å². The van der Waals surface area contributed by atoms with Crippen molar-refractivity contribution in [3.8, 4) is 0 Å². The van der Waals surface area contributed by atoms with Crippen LogP contribution >= 0.6 is 0 Å². The van der Waals surface area contributed by atoms with Crippen LogP contribution < -0.4 is 0 Å². The molecule has 3 atom stereocenters. The fourth-order valence-corrected chi connectivity index (χ4v) is 5.23. The predicted octanol–water partition coefficient (Wildman–Crippen LogP) is 5.76. The van der Waals surface area contributed by atoms with Crippen molar-refractivity contribution in [2.45, 2.75) is 116 Å². The van der Waals surface area contributed by atoms with Gasteiger partial charge < -0.3 is 39.7 Å². The van der Waals surface area contributed by atoms with E-state index in [4.69, 9.17) is 39.7 Å². The molecule has 0 fully saturated rings. The van der Waals surface area contributed by atoms with Crippen LogP contribution in [0.1, 0.15) is 116 Å². The second-order valence-electron chi connectivity index (χ2n) is 16.1. The van der Waals surface area contributed by atoms with Crippen molar-refractivity contribution in [1.29, 1.82) is 0 Å². The number of carbonyl (C=O) groups is 3. The van der Waals surface area contributed by atoms with E-state index in [2.05, 4.69) is 27.7 Å². The van der Waals surface area contributed by atoms with E-state index in [-0.39, 0.29) is 111 Å². The summed E-state index contributed by atoms with van der Waals surface area (Å²) >= 11 is 0. The monoisotopic (exact) mass is 737 g/mol. The van der Waals surface area contributed by atoms with Gasteiger partial charge in [-0.25, -0.2) is 0 Å². The van der Waals surface area contributed by atoms with E-state index in [1.807, 2.05) is 62.3 Å². The van der Waals surface area contributed by atoms with Crippen LogP contribution in [0.5, 0.6) is 0 Å². The largest absolute Gasteiger partial charge is 0.465 e. The molecule has 0 rings (SSSR count). The van der Waals surface area contributed by atoms with Crippen LogP contribution in [0.3, 0.4) is 0 Å². The van der Waals surface area contributed by atoms with Crippen molar-refractivity contribution in [1.82, 2.24) is 0 Å². The van der Waals surface area contributed by atoms with E-state index in [0.29, 0.717) is 30.3 Å². The first-order valence-electron chi connectivity index (χ1n) is 19.3. The van der Waals surface area contributed by atoms with Crippen molar-refractivity contribution in [2.24, 2.45) is 71.0 Å². The minimum Gasteiger partial charge on any atom is -0.465 e. The number of ether oxygens (including phenoxy) is 3. The smallest absolute Gasteiger partial charge is 0.309 e. The van der Waals surface area contributed by atoms with Gasteiger partial charge in [-0.1, -0.05) is 96.4 Å². The minimum absolute atomic E-state index is 0.0452. The second-order valence-corrected chi connectivity index (χ2v) is 16.1. The SMILES string of the molecule is CC(C)CC(C(=O)OCC(CO)CO)C(C)C.CC(C)CCC(C(=O)OCC(CO)CO)C(C)C.CCC(CO)COC(=O)C(C(C)C)C(C)C. The number of carbonyl (C=O) groups excluding carboxylic acids is 3. The van der Waals surface area contributed by atoms with Crippen molar-refractivity contribution in [3.05, 3.63) is 0 Å². The highest BCUT2D eigenvalue weighted by Gasteiger charge is 2.28. The summed E-state index contributed by atoms with van der Waals surface area (Å²) in [6.45, 7) is 26.5. The molecular weight excluding hydrogens is 656 g/mol. The maximum absolute atomic E-state index is 11.9. The van der Waals surface area contributed by atoms with Gasteiger partial charge in [0.2, 0.25) is 0 Å². The van der Waals surface area contributed by atoms with Crippen LogP contribution in [0.25, 0.3) is 0 Å². The molecule has 0 aliphatic rings. The standard InChI is InChI=1S/C14H28O4.C13H26O4.C13H26O3/c1-10(2)5-6-13(11(3)4)14(17)18-9-12(7-15)8-16;1-9(2)5-12(10(3)4)13(16)17-8-11(6-14)7-15;1-6-11(7-14)8-16-13(15)12(9(2)3)10(4)5/h10-13,15-16H,5-9H2,1-4H3;9-12,14-15H,5-8H2,1-4H3;9-12,14H,6-8H2,1-5H3. The summed E-state index contributed by atoms with van der Waals surface area (Å²) in [7, 11) is 0. The molecule has 0 saturated carbocycles. The minimum atomic E-state index is -0.370. The Balaban J connectivity index is -0.000000679. The summed E-state index contributed by atoms with van der Waals surface area (Å²) in [6, 6.07) is 0. The van der Waals surface area contributed by atoms with Gasteiger partial charge in [0, 0.05) is 24.4 Å². The summed E-state index contributed by atoms with van der Waals surface area (Å²) in [5.74, 6) is 0.627. The molecule has 306 valence electrons. The molecule has 3 unspecified atom stereocenters. The third-order valence-corrected chi connectivity index (χ3v) is 8.96. The molecule has 0 bridgehead atoms. The molecule has 0 aromatic heterocycles. The van der Waals surface area contributed by atoms with Crippen LogP contribution in [-0.2, 0) is 28.6 Å². The van der Waals surface area contributed by atoms with Crippen LogP contribution in [0.2, 0.25) is 0 Å². The number of hydrogen-bond acceptors (Lipinski definition) is 11. The Morgan fingerprint density at radius 1 is 0.451 bits per heavy atom. The topological polar surface area (TPSA) is 180 Å². The molecule has 0 aromatic carbocycles. The molecule has 0 aliphatic heterocycles. The fourth-order valence-electron chi connectivity index (χ4n) is 5.23. The molecule has 0 aromatic rings. The first-order valence-corrected chi connectivity index (χ1v) is 19.3. The fraction of sp³-hybridized carbons (Fsp3) is 0.925. The summed E-state index contributed by atoms with van der Waals surface area (Å²) < 4.78 is 15.6. The highest BCUT2D eigenvalue weighted by atomic mass is 16.5. The summed E-state index contributed by atoms with van der Waals surface area (Å²) in [5, 5.41) is 44.6. The van der Waals surface area contributed by atoms with Gasteiger partial charge in [0.15, 0.2) is 0 Å². The van der Waals surface area contributed by atoms with Gasteiger partial charge >= 0.3 is 17.9 Å². The zero-order valence-corrected chi connectivity index (χ0v) is 34.6. The normalized spacial score (nSPS) is 13.5. The number of esters is 3. The van der Waals surface area contributed by atoms with E-state index in [1.54, 1.807) is 0 Å². The van der Waals surface area contributed by atoms with E-state index < -0.39 is 0 Å². The van der Waals surface area contributed by atoms with E-state index in [9.17, 15) is 14.4 Å². The average Bonchev–Trinajstić information content (AvgIpc) is 3.04. The molecule has 0 amide bonds. The van der Waals surface area contributed by atoms with Crippen LogP contribution in [0.4, 0.5) is 0 Å². The lowest BCUT2D eigenvalue weighted by Crippen LogP contribution is -2.29. The number of aliphatic hydroxyl groups excluding tert-OH is 5. The maximum atomic E-state index is 11.9. The van der Waals surface area contributed by atoms with Crippen molar-refractivity contribution >= 4 is 17.9 Å². The van der Waals surface area contributed by atoms with Gasteiger partial charge in [0.05, 0.1) is 64.0 Å². The Hall–Kier alpha value is -1.79. The molecule has 11 nitrogen and oxygen atoms in total. The molecule has 0 saturated heterocycles. The van der Waals surface area contributed by atoms with Crippen molar-refractivity contribution in [2.75, 3.05) is 52.9 Å². The highest BCUT2D eigenvalue weighted by molar-refractivity contribution is 5.73. The maximum Gasteiger partial charge on any atom is 0.309 e. The van der Waals surface area contributed by atoms with Gasteiger partial charge in [-0.15, -0.1) is 0 Å². The quantitative estimate of drug-likeness (QED) is 0.0601.